The molecular weight excluding hydrogens is 214 g/mol. The lowest BCUT2D eigenvalue weighted by Gasteiger charge is -2.24. The summed E-state index contributed by atoms with van der Waals surface area (Å²) >= 11 is 0. The number of aromatic amines is 1. The van der Waals surface area contributed by atoms with Crippen LogP contribution >= 0.6 is 0 Å². The molecule has 0 aromatic carbocycles. The van der Waals surface area contributed by atoms with Gasteiger partial charge in [0.05, 0.1) is 6.04 Å². The molecule has 0 bridgehead atoms. The number of nitrogens with one attached hydrogen (secondary N) is 2. The van der Waals surface area contributed by atoms with Crippen LogP contribution in [0.25, 0.3) is 0 Å². The third-order valence-electron chi connectivity index (χ3n) is 2.06. The molecule has 0 saturated heterocycles. The van der Waals surface area contributed by atoms with E-state index in [1.165, 1.54) is 19.4 Å². The van der Waals surface area contributed by atoms with Gasteiger partial charge in [0, 0.05) is 18.8 Å². The zero-order chi connectivity index (χ0) is 11.5. The molecule has 1 atom stereocenters. The van der Waals surface area contributed by atoms with Crippen LogP contribution in [0.5, 0.6) is 0 Å². The van der Waals surface area contributed by atoms with Gasteiger partial charge in [0.15, 0.2) is 0 Å². The molecule has 1 aromatic rings. The number of H-pyrrole nitrogens is 1. The van der Waals surface area contributed by atoms with Crippen LogP contribution < -0.4 is 5.32 Å². The summed E-state index contributed by atoms with van der Waals surface area (Å²) in [7, 11) is 1.21. The van der Waals surface area contributed by atoms with E-state index in [2.05, 4.69) is 15.3 Å². The Balaban J connectivity index is 2.71. The number of alkyl halides is 4. The number of halogens is 4. The summed E-state index contributed by atoms with van der Waals surface area (Å²) in [5, 5.41) is 2.17. The van der Waals surface area contributed by atoms with Crippen molar-refractivity contribution in [3.63, 3.8) is 0 Å². The molecule has 1 aromatic heterocycles. The molecule has 1 rings (SSSR count). The fourth-order valence-electron chi connectivity index (χ4n) is 1.19. The first kappa shape index (κ1) is 12.0. The van der Waals surface area contributed by atoms with Crippen LogP contribution in [0, 0.1) is 0 Å². The Morgan fingerprint density at radius 1 is 1.53 bits per heavy atom. The van der Waals surface area contributed by atoms with Gasteiger partial charge in [-0.3, -0.25) is 0 Å². The molecule has 0 saturated carbocycles. The minimum absolute atomic E-state index is 0.245. The summed E-state index contributed by atoms with van der Waals surface area (Å²) < 4.78 is 50.0. The summed E-state index contributed by atoms with van der Waals surface area (Å²) in [5.41, 5.74) is 0. The number of nitrogens with zero attached hydrogens (tertiary/aromatic N) is 1. The highest BCUT2D eigenvalue weighted by atomic mass is 19.3. The normalized spacial score (nSPS) is 14.5. The highest BCUT2D eigenvalue weighted by Crippen LogP contribution is 2.28. The van der Waals surface area contributed by atoms with Gasteiger partial charge in [0.1, 0.15) is 5.82 Å². The van der Waals surface area contributed by atoms with E-state index in [-0.39, 0.29) is 12.2 Å². The Morgan fingerprint density at radius 2 is 2.20 bits per heavy atom. The van der Waals surface area contributed by atoms with Crippen molar-refractivity contribution in [2.45, 2.75) is 24.8 Å². The lowest BCUT2D eigenvalue weighted by molar-refractivity contribution is -0.148. The predicted molar refractivity (Wildman–Crippen MR) is 46.1 cm³/mol. The van der Waals surface area contributed by atoms with E-state index in [4.69, 9.17) is 0 Å². The second-order valence-electron chi connectivity index (χ2n) is 3.06. The number of likely N-dealkylation sites (N-methyl/N-ethyl adjacent to an activating group) is 1. The first-order valence-electron chi connectivity index (χ1n) is 4.30. The van der Waals surface area contributed by atoms with Crippen LogP contribution in [-0.4, -0.2) is 35.4 Å². The molecular formula is C8H11F4N3. The zero-order valence-corrected chi connectivity index (χ0v) is 7.98. The third-order valence-corrected chi connectivity index (χ3v) is 2.06. The molecule has 0 spiro atoms. The van der Waals surface area contributed by atoms with Crippen LogP contribution in [0.15, 0.2) is 12.4 Å². The number of imidazole rings is 1. The summed E-state index contributed by atoms with van der Waals surface area (Å²) in [6.07, 6.45) is -1.14. The number of hydrogen-bond acceptors (Lipinski definition) is 2. The van der Waals surface area contributed by atoms with Crippen molar-refractivity contribution in [1.29, 1.82) is 0 Å². The molecule has 86 valence electrons. The predicted octanol–water partition coefficient (Wildman–Crippen LogP) is 1.44. The second-order valence-corrected chi connectivity index (χ2v) is 3.06. The minimum Gasteiger partial charge on any atom is -0.349 e. The molecule has 0 aliphatic rings. The second kappa shape index (κ2) is 4.61. The van der Waals surface area contributed by atoms with Gasteiger partial charge < -0.3 is 10.3 Å². The molecule has 1 heterocycles. The van der Waals surface area contributed by atoms with E-state index < -0.39 is 18.4 Å². The fourth-order valence-corrected chi connectivity index (χ4v) is 1.19. The van der Waals surface area contributed by atoms with Crippen molar-refractivity contribution >= 4 is 0 Å². The van der Waals surface area contributed by atoms with Gasteiger partial charge in [-0.25, -0.2) is 13.8 Å². The van der Waals surface area contributed by atoms with Crippen molar-refractivity contribution in [2.24, 2.45) is 0 Å². The van der Waals surface area contributed by atoms with Crippen LogP contribution in [0.4, 0.5) is 17.6 Å². The summed E-state index contributed by atoms with van der Waals surface area (Å²) in [6, 6.07) is -1.64. The monoisotopic (exact) mass is 225 g/mol. The summed E-state index contributed by atoms with van der Waals surface area (Å²) in [6.45, 7) is 0. The SMILES string of the molecule is CNC(Cc1ncc[nH]1)C(F)(F)C(F)F. The fraction of sp³-hybridized carbons (Fsp3) is 0.625. The number of aromatic nitrogens is 2. The molecule has 3 nitrogen and oxygen atoms in total. The van der Waals surface area contributed by atoms with Crippen LogP contribution in [0.1, 0.15) is 5.82 Å². The average molecular weight is 225 g/mol. The Morgan fingerprint density at radius 3 is 2.60 bits per heavy atom. The van der Waals surface area contributed by atoms with E-state index in [1.54, 1.807) is 0 Å². The smallest absolute Gasteiger partial charge is 0.322 e. The molecule has 0 amide bonds. The van der Waals surface area contributed by atoms with Crippen molar-refractivity contribution in [3.05, 3.63) is 18.2 Å². The van der Waals surface area contributed by atoms with Crippen LogP contribution in [0.2, 0.25) is 0 Å². The topological polar surface area (TPSA) is 40.7 Å². The van der Waals surface area contributed by atoms with Crippen molar-refractivity contribution in [3.8, 4) is 0 Å². The lowest BCUT2D eigenvalue weighted by atomic mass is 10.1. The largest absolute Gasteiger partial charge is 0.349 e. The van der Waals surface area contributed by atoms with Gasteiger partial charge in [-0.1, -0.05) is 0 Å². The Hall–Kier alpha value is -1.11. The molecule has 0 aliphatic heterocycles. The molecule has 7 heteroatoms. The van der Waals surface area contributed by atoms with Gasteiger partial charge in [-0.05, 0) is 7.05 Å². The van der Waals surface area contributed by atoms with E-state index in [0.717, 1.165) is 0 Å². The van der Waals surface area contributed by atoms with E-state index in [1.807, 2.05) is 0 Å². The van der Waals surface area contributed by atoms with E-state index >= 15 is 0 Å². The maximum atomic E-state index is 12.9. The first-order chi connectivity index (χ1) is 6.98. The Bertz CT molecular complexity index is 286. The standard InChI is InChI=1S/C8H11F4N3/c1-13-5(8(11,12)7(9)10)4-6-14-2-3-15-6/h2-3,5,7,13H,4H2,1H3,(H,14,15). The van der Waals surface area contributed by atoms with Crippen LogP contribution in [0.3, 0.4) is 0 Å². The van der Waals surface area contributed by atoms with Gasteiger partial charge in [0.2, 0.25) is 0 Å². The van der Waals surface area contributed by atoms with Crippen LogP contribution in [-0.2, 0) is 6.42 Å². The Kier molecular flexibility index (Phi) is 3.67. The van der Waals surface area contributed by atoms with E-state index in [9.17, 15) is 17.6 Å². The van der Waals surface area contributed by atoms with Gasteiger partial charge in [-0.15, -0.1) is 0 Å². The average Bonchev–Trinajstić information content (AvgIpc) is 2.65. The maximum absolute atomic E-state index is 12.9. The molecule has 1 unspecified atom stereocenters. The molecule has 0 aliphatic carbocycles. The Labute approximate surface area is 83.9 Å². The minimum atomic E-state index is -4.07. The third kappa shape index (κ3) is 2.68. The first-order valence-corrected chi connectivity index (χ1v) is 4.30. The van der Waals surface area contributed by atoms with Gasteiger partial charge in [0.25, 0.3) is 0 Å². The number of rotatable bonds is 5. The molecule has 15 heavy (non-hydrogen) atoms. The van der Waals surface area contributed by atoms with Gasteiger partial charge >= 0.3 is 12.3 Å². The maximum Gasteiger partial charge on any atom is 0.322 e. The zero-order valence-electron chi connectivity index (χ0n) is 7.98. The highest BCUT2D eigenvalue weighted by molar-refractivity contribution is 4.96. The van der Waals surface area contributed by atoms with Crippen molar-refractivity contribution in [2.75, 3.05) is 7.05 Å². The van der Waals surface area contributed by atoms with Gasteiger partial charge in [-0.2, -0.15) is 8.78 Å². The van der Waals surface area contributed by atoms with Crippen molar-refractivity contribution < 1.29 is 17.6 Å². The van der Waals surface area contributed by atoms with E-state index in [0.29, 0.717) is 0 Å². The lowest BCUT2D eigenvalue weighted by Crippen LogP contribution is -2.49. The molecule has 0 fully saturated rings. The highest BCUT2D eigenvalue weighted by Gasteiger charge is 2.48. The summed E-state index contributed by atoms with van der Waals surface area (Å²) in [5.74, 6) is -3.82. The molecule has 0 radical (unpaired) electrons. The van der Waals surface area contributed by atoms with Crippen molar-refractivity contribution in [1.82, 2.24) is 15.3 Å². The number of hydrogen-bond donors (Lipinski definition) is 2. The molecule has 2 N–H and O–H groups in total. The quantitative estimate of drug-likeness (QED) is 0.744. The summed E-state index contributed by atoms with van der Waals surface area (Å²) in [4.78, 5) is 6.29.